The topological polar surface area (TPSA) is 46.2 Å². The van der Waals surface area contributed by atoms with Crippen LogP contribution in [0.25, 0.3) is 0 Å². The predicted octanol–water partition coefficient (Wildman–Crippen LogP) is 1.07. The van der Waals surface area contributed by atoms with Crippen LogP contribution >= 0.6 is 0 Å². The van der Waals surface area contributed by atoms with Gasteiger partial charge in [0.1, 0.15) is 0 Å². The Morgan fingerprint density at radius 3 is 2.12 bits per heavy atom. The summed E-state index contributed by atoms with van der Waals surface area (Å²) in [5.74, 6) is 0. The molecular weight excluding hydrogens is 214 g/mol. The third-order valence-electron chi connectivity index (χ3n) is 2.76. The van der Waals surface area contributed by atoms with Gasteiger partial charge >= 0.3 is 0 Å². The summed E-state index contributed by atoms with van der Waals surface area (Å²) in [7, 11) is 0. The molecule has 2 N–H and O–H groups in total. The minimum Gasteiger partial charge on any atom is -0.381 e. The molecule has 0 aliphatic carbocycles. The lowest BCUT2D eigenvalue weighted by Crippen LogP contribution is -2.21. The zero-order valence-corrected chi connectivity index (χ0v) is 10.2. The Labute approximate surface area is 103 Å². The van der Waals surface area contributed by atoms with E-state index in [0.29, 0.717) is 0 Å². The number of ether oxygens (including phenoxy) is 1. The van der Waals surface area contributed by atoms with Crippen molar-refractivity contribution in [2.75, 3.05) is 26.3 Å². The fourth-order valence-electron chi connectivity index (χ4n) is 1.86. The number of pyridine rings is 1. The van der Waals surface area contributed by atoms with Crippen LogP contribution in [0.3, 0.4) is 0 Å². The van der Waals surface area contributed by atoms with E-state index in [4.69, 9.17) is 4.74 Å². The van der Waals surface area contributed by atoms with Crippen LogP contribution < -0.4 is 10.6 Å². The molecule has 0 fully saturated rings. The van der Waals surface area contributed by atoms with E-state index < -0.39 is 0 Å². The molecule has 0 aromatic carbocycles. The SMILES string of the molecule is c1cc2nc(c1)CNCCCOCCCNC2. The van der Waals surface area contributed by atoms with E-state index in [1.54, 1.807) is 0 Å². The Balaban J connectivity index is 1.91. The van der Waals surface area contributed by atoms with Crippen LogP contribution in [-0.2, 0) is 17.8 Å². The van der Waals surface area contributed by atoms with E-state index in [1.165, 1.54) is 0 Å². The van der Waals surface area contributed by atoms with Gasteiger partial charge in [0.15, 0.2) is 0 Å². The minimum absolute atomic E-state index is 0.841. The minimum atomic E-state index is 0.841. The smallest absolute Gasteiger partial charge is 0.0545 e. The van der Waals surface area contributed by atoms with Gasteiger partial charge in [-0.2, -0.15) is 0 Å². The zero-order chi connectivity index (χ0) is 11.8. The predicted molar refractivity (Wildman–Crippen MR) is 67.7 cm³/mol. The van der Waals surface area contributed by atoms with Crippen LogP contribution in [0.1, 0.15) is 24.2 Å². The van der Waals surface area contributed by atoms with Gasteiger partial charge in [-0.15, -0.1) is 0 Å². The standard InChI is InChI=1S/C13H21N3O/c1-4-12-10-14-6-2-8-17-9-3-7-15-11-13(5-1)16-12/h1,4-5,14-15H,2-3,6-11H2. The molecule has 1 aliphatic rings. The maximum atomic E-state index is 5.53. The molecule has 2 bridgehead atoms. The highest BCUT2D eigenvalue weighted by atomic mass is 16.5. The average molecular weight is 235 g/mol. The van der Waals surface area contributed by atoms with E-state index >= 15 is 0 Å². The van der Waals surface area contributed by atoms with Crippen LogP contribution in [0.15, 0.2) is 18.2 Å². The second-order valence-corrected chi connectivity index (χ2v) is 4.29. The maximum absolute atomic E-state index is 5.53. The third kappa shape index (κ3) is 4.81. The Hall–Kier alpha value is -0.970. The first kappa shape index (κ1) is 12.5. The second kappa shape index (κ2) is 7.37. The molecule has 0 unspecified atom stereocenters. The van der Waals surface area contributed by atoms with Crippen molar-refractivity contribution in [2.24, 2.45) is 0 Å². The molecule has 1 aliphatic heterocycles. The van der Waals surface area contributed by atoms with Crippen molar-refractivity contribution in [2.45, 2.75) is 25.9 Å². The summed E-state index contributed by atoms with van der Waals surface area (Å²) in [4.78, 5) is 4.60. The van der Waals surface area contributed by atoms with Crippen molar-refractivity contribution >= 4 is 0 Å². The number of rotatable bonds is 0. The van der Waals surface area contributed by atoms with Gasteiger partial charge in [-0.3, -0.25) is 4.98 Å². The quantitative estimate of drug-likeness (QED) is 0.706. The first-order chi connectivity index (χ1) is 8.45. The molecule has 1 aromatic rings. The fourth-order valence-corrected chi connectivity index (χ4v) is 1.86. The van der Waals surface area contributed by atoms with Crippen LogP contribution in [0, 0.1) is 0 Å². The number of nitrogens with zero attached hydrogens (tertiary/aromatic N) is 1. The monoisotopic (exact) mass is 235 g/mol. The molecule has 2 heterocycles. The lowest BCUT2D eigenvalue weighted by Gasteiger charge is -2.10. The van der Waals surface area contributed by atoms with Crippen molar-refractivity contribution in [1.82, 2.24) is 15.6 Å². The van der Waals surface area contributed by atoms with Gasteiger partial charge in [-0.1, -0.05) is 6.07 Å². The Bertz CT molecular complexity index is 303. The van der Waals surface area contributed by atoms with Gasteiger partial charge in [0, 0.05) is 26.3 Å². The largest absolute Gasteiger partial charge is 0.381 e. The lowest BCUT2D eigenvalue weighted by atomic mass is 10.3. The molecule has 2 rings (SSSR count). The Morgan fingerprint density at radius 1 is 0.941 bits per heavy atom. The van der Waals surface area contributed by atoms with Crippen molar-refractivity contribution in [3.63, 3.8) is 0 Å². The van der Waals surface area contributed by atoms with E-state index in [1.807, 2.05) is 0 Å². The van der Waals surface area contributed by atoms with Crippen LogP contribution in [0.5, 0.6) is 0 Å². The molecule has 0 amide bonds. The van der Waals surface area contributed by atoms with Gasteiger partial charge in [0.05, 0.1) is 11.4 Å². The highest BCUT2D eigenvalue weighted by molar-refractivity contribution is 5.11. The Morgan fingerprint density at radius 2 is 1.53 bits per heavy atom. The van der Waals surface area contributed by atoms with Gasteiger partial charge in [0.2, 0.25) is 0 Å². The van der Waals surface area contributed by atoms with Crippen molar-refractivity contribution < 1.29 is 4.74 Å². The van der Waals surface area contributed by atoms with E-state index in [2.05, 4.69) is 33.8 Å². The summed E-state index contributed by atoms with van der Waals surface area (Å²) in [6.07, 6.45) is 2.13. The molecule has 4 nitrogen and oxygen atoms in total. The van der Waals surface area contributed by atoms with Crippen LogP contribution in [0.4, 0.5) is 0 Å². The molecule has 17 heavy (non-hydrogen) atoms. The molecule has 0 radical (unpaired) electrons. The molecule has 4 heteroatoms. The molecule has 0 saturated carbocycles. The van der Waals surface area contributed by atoms with Gasteiger partial charge in [-0.25, -0.2) is 0 Å². The number of nitrogens with one attached hydrogen (secondary N) is 2. The average Bonchev–Trinajstić information content (AvgIpc) is 2.36. The first-order valence-electron chi connectivity index (χ1n) is 6.39. The molecule has 0 saturated heterocycles. The summed E-state index contributed by atoms with van der Waals surface area (Å²) in [5.41, 5.74) is 2.23. The third-order valence-corrected chi connectivity index (χ3v) is 2.76. The fraction of sp³-hybridized carbons (Fsp3) is 0.615. The lowest BCUT2D eigenvalue weighted by molar-refractivity contribution is 0.129. The van der Waals surface area contributed by atoms with Crippen molar-refractivity contribution in [3.05, 3.63) is 29.6 Å². The summed E-state index contributed by atoms with van der Waals surface area (Å²) >= 11 is 0. The number of hydrogen-bond donors (Lipinski definition) is 2. The molecule has 0 spiro atoms. The van der Waals surface area contributed by atoms with Crippen molar-refractivity contribution in [1.29, 1.82) is 0 Å². The summed E-state index contributed by atoms with van der Waals surface area (Å²) in [5, 5.41) is 6.77. The summed E-state index contributed by atoms with van der Waals surface area (Å²) < 4.78 is 5.53. The number of hydrogen-bond acceptors (Lipinski definition) is 4. The highest BCUT2D eigenvalue weighted by Crippen LogP contribution is 2.00. The normalized spacial score (nSPS) is 19.5. The van der Waals surface area contributed by atoms with Gasteiger partial charge < -0.3 is 15.4 Å². The molecular formula is C13H21N3O. The highest BCUT2D eigenvalue weighted by Gasteiger charge is 1.99. The molecule has 94 valence electrons. The molecule has 0 atom stereocenters. The van der Waals surface area contributed by atoms with E-state index in [-0.39, 0.29) is 0 Å². The second-order valence-electron chi connectivity index (χ2n) is 4.29. The van der Waals surface area contributed by atoms with Gasteiger partial charge in [0.25, 0.3) is 0 Å². The van der Waals surface area contributed by atoms with E-state index in [0.717, 1.165) is 63.6 Å². The van der Waals surface area contributed by atoms with E-state index in [9.17, 15) is 0 Å². The van der Waals surface area contributed by atoms with Crippen molar-refractivity contribution in [3.8, 4) is 0 Å². The summed E-state index contributed by atoms with van der Waals surface area (Å²) in [6, 6.07) is 6.22. The number of fused-ring (bicyclic) bond motifs is 2. The summed E-state index contributed by atoms with van der Waals surface area (Å²) in [6.45, 7) is 5.36. The first-order valence-corrected chi connectivity index (χ1v) is 6.39. The Kier molecular flexibility index (Phi) is 5.42. The maximum Gasteiger partial charge on any atom is 0.0545 e. The van der Waals surface area contributed by atoms with Crippen LogP contribution in [0.2, 0.25) is 0 Å². The molecule has 1 aromatic heterocycles. The van der Waals surface area contributed by atoms with Crippen LogP contribution in [-0.4, -0.2) is 31.3 Å². The van der Waals surface area contributed by atoms with Gasteiger partial charge in [-0.05, 0) is 38.1 Å². The zero-order valence-electron chi connectivity index (χ0n) is 10.2. The number of aromatic nitrogens is 1.